The van der Waals surface area contributed by atoms with Crippen LogP contribution in [0.1, 0.15) is 33.9 Å². The van der Waals surface area contributed by atoms with Crippen LogP contribution in [0.3, 0.4) is 0 Å². The van der Waals surface area contributed by atoms with Crippen molar-refractivity contribution in [2.24, 2.45) is 0 Å². The number of hydrogen-bond donors (Lipinski definition) is 2. The van der Waals surface area contributed by atoms with E-state index in [-0.39, 0.29) is 35.5 Å². The van der Waals surface area contributed by atoms with Crippen molar-refractivity contribution in [3.63, 3.8) is 0 Å². The standard InChI is InChI=1S/C23H24ClN5O3S/c1-14(2)28-12-17(18(13-28)27-23(32)19-7-8-20(24)33-19)26-22(31)15-3-5-16(6-4-15)29-10-9-25-11-21(29)30/h3-11,14,17-18H,12-13H2,1-2H3,(H,26,31)(H,27,32)/t17-,18+/m0/s1. The fourth-order valence-corrected chi connectivity index (χ4v) is 4.76. The third-order valence-electron chi connectivity index (χ3n) is 5.64. The Hall–Kier alpha value is -3.01. The smallest absolute Gasteiger partial charge is 0.273 e. The first-order valence-electron chi connectivity index (χ1n) is 10.6. The lowest BCUT2D eigenvalue weighted by Crippen LogP contribution is -2.50. The molecular formula is C23H24ClN5O3S. The van der Waals surface area contributed by atoms with Crippen LogP contribution in [0.2, 0.25) is 4.34 Å². The van der Waals surface area contributed by atoms with Gasteiger partial charge in [0, 0.05) is 42.8 Å². The Balaban J connectivity index is 1.46. The maximum absolute atomic E-state index is 13.0. The van der Waals surface area contributed by atoms with Crippen LogP contribution in [0.25, 0.3) is 5.69 Å². The molecular weight excluding hydrogens is 462 g/mol. The molecule has 172 valence electrons. The Morgan fingerprint density at radius 2 is 1.73 bits per heavy atom. The summed E-state index contributed by atoms with van der Waals surface area (Å²) in [4.78, 5) is 44.1. The van der Waals surface area contributed by atoms with Gasteiger partial charge >= 0.3 is 0 Å². The summed E-state index contributed by atoms with van der Waals surface area (Å²) in [6, 6.07) is 9.96. The van der Waals surface area contributed by atoms with Gasteiger partial charge in [-0.15, -0.1) is 11.3 Å². The van der Waals surface area contributed by atoms with Crippen LogP contribution >= 0.6 is 22.9 Å². The molecule has 1 aromatic carbocycles. The van der Waals surface area contributed by atoms with Gasteiger partial charge in [-0.3, -0.25) is 28.8 Å². The molecule has 3 aromatic rings. The molecule has 0 radical (unpaired) electrons. The third-order valence-corrected chi connectivity index (χ3v) is 6.87. The van der Waals surface area contributed by atoms with Gasteiger partial charge in [-0.25, -0.2) is 0 Å². The minimum atomic E-state index is -0.250. The van der Waals surface area contributed by atoms with Crippen LogP contribution < -0.4 is 16.2 Å². The van der Waals surface area contributed by atoms with Crippen molar-refractivity contribution in [3.05, 3.63) is 80.1 Å². The van der Waals surface area contributed by atoms with Crippen LogP contribution in [0.4, 0.5) is 0 Å². The molecule has 0 saturated carbocycles. The van der Waals surface area contributed by atoms with E-state index in [1.54, 1.807) is 42.6 Å². The number of rotatable bonds is 6. The van der Waals surface area contributed by atoms with E-state index in [9.17, 15) is 14.4 Å². The molecule has 1 aliphatic rings. The average Bonchev–Trinajstić information content (AvgIpc) is 3.41. The number of likely N-dealkylation sites (tertiary alicyclic amines) is 1. The maximum Gasteiger partial charge on any atom is 0.273 e. The van der Waals surface area contributed by atoms with E-state index in [2.05, 4.69) is 34.4 Å². The number of hydrogen-bond acceptors (Lipinski definition) is 6. The van der Waals surface area contributed by atoms with Gasteiger partial charge in [0.25, 0.3) is 17.4 Å². The summed E-state index contributed by atoms with van der Waals surface area (Å²) in [5.41, 5.74) is 0.865. The molecule has 8 nitrogen and oxygen atoms in total. The Morgan fingerprint density at radius 1 is 1.06 bits per heavy atom. The number of halogens is 1. The highest BCUT2D eigenvalue weighted by Crippen LogP contribution is 2.22. The SMILES string of the molecule is CC(C)N1C[C@H](NC(=O)c2ccc(-n3ccncc3=O)cc2)[C@H](NC(=O)c2ccc(Cl)s2)C1. The monoisotopic (exact) mass is 485 g/mol. The number of benzene rings is 1. The van der Waals surface area contributed by atoms with Crippen LogP contribution in [-0.4, -0.2) is 57.5 Å². The lowest BCUT2D eigenvalue weighted by atomic mass is 10.1. The topological polar surface area (TPSA) is 96.3 Å². The van der Waals surface area contributed by atoms with Crippen molar-refractivity contribution in [1.29, 1.82) is 0 Å². The zero-order chi connectivity index (χ0) is 23.5. The van der Waals surface area contributed by atoms with Crippen molar-refractivity contribution in [2.45, 2.75) is 32.0 Å². The largest absolute Gasteiger partial charge is 0.346 e. The lowest BCUT2D eigenvalue weighted by molar-refractivity contribution is 0.0898. The molecule has 3 heterocycles. The van der Waals surface area contributed by atoms with E-state index in [0.29, 0.717) is 33.6 Å². The summed E-state index contributed by atoms with van der Waals surface area (Å²) in [5.74, 6) is -0.438. The predicted octanol–water partition coefficient (Wildman–Crippen LogP) is 2.57. The molecule has 1 fully saturated rings. The Labute approximate surface area is 200 Å². The fourth-order valence-electron chi connectivity index (χ4n) is 3.81. The number of thiophene rings is 1. The number of amides is 2. The highest BCUT2D eigenvalue weighted by atomic mass is 35.5. The lowest BCUT2D eigenvalue weighted by Gasteiger charge is -2.21. The van der Waals surface area contributed by atoms with Crippen molar-refractivity contribution in [3.8, 4) is 5.69 Å². The van der Waals surface area contributed by atoms with Gasteiger partial charge in [-0.2, -0.15) is 0 Å². The van der Waals surface area contributed by atoms with E-state index in [4.69, 9.17) is 11.6 Å². The van der Waals surface area contributed by atoms with Crippen LogP contribution in [0, 0.1) is 0 Å². The Bertz CT molecular complexity index is 1210. The molecule has 33 heavy (non-hydrogen) atoms. The van der Waals surface area contributed by atoms with Crippen LogP contribution in [-0.2, 0) is 0 Å². The average molecular weight is 486 g/mol. The number of aromatic nitrogens is 2. The van der Waals surface area contributed by atoms with E-state index in [0.717, 1.165) is 0 Å². The Morgan fingerprint density at radius 3 is 2.30 bits per heavy atom. The summed E-state index contributed by atoms with van der Waals surface area (Å²) >= 11 is 7.18. The summed E-state index contributed by atoms with van der Waals surface area (Å²) < 4.78 is 2.01. The second kappa shape index (κ2) is 9.86. The van der Waals surface area contributed by atoms with Gasteiger partial charge in [0.1, 0.15) is 0 Å². The van der Waals surface area contributed by atoms with Gasteiger partial charge in [0.2, 0.25) is 0 Å². The van der Waals surface area contributed by atoms with Gasteiger partial charge in [-0.1, -0.05) is 11.6 Å². The highest BCUT2D eigenvalue weighted by molar-refractivity contribution is 7.18. The number of nitrogens with zero attached hydrogens (tertiary/aromatic N) is 3. The minimum absolute atomic E-state index is 0.200. The van der Waals surface area contributed by atoms with Gasteiger partial charge in [0.15, 0.2) is 0 Å². The normalized spacial score (nSPS) is 18.4. The second-order valence-electron chi connectivity index (χ2n) is 8.14. The van der Waals surface area contributed by atoms with Crippen LogP contribution in [0.15, 0.2) is 59.8 Å². The van der Waals surface area contributed by atoms with Crippen molar-refractivity contribution >= 4 is 34.8 Å². The molecule has 1 saturated heterocycles. The van der Waals surface area contributed by atoms with Gasteiger partial charge in [0.05, 0.1) is 27.5 Å². The molecule has 0 spiro atoms. The predicted molar refractivity (Wildman–Crippen MR) is 128 cm³/mol. The van der Waals surface area contributed by atoms with Gasteiger partial charge < -0.3 is 10.6 Å². The first-order chi connectivity index (χ1) is 15.8. The summed E-state index contributed by atoms with van der Waals surface area (Å²) in [6.07, 6.45) is 4.34. The summed E-state index contributed by atoms with van der Waals surface area (Å²) in [7, 11) is 0. The molecule has 0 bridgehead atoms. The molecule has 0 unspecified atom stereocenters. The Kier molecular flexibility index (Phi) is 6.92. The molecule has 2 N–H and O–H groups in total. The molecule has 10 heteroatoms. The molecule has 2 aromatic heterocycles. The first kappa shape index (κ1) is 23.2. The van der Waals surface area contributed by atoms with E-state index >= 15 is 0 Å². The first-order valence-corrected chi connectivity index (χ1v) is 11.8. The van der Waals surface area contributed by atoms with Crippen LogP contribution in [0.5, 0.6) is 0 Å². The molecule has 1 aliphatic heterocycles. The van der Waals surface area contributed by atoms with Crippen molar-refractivity contribution in [1.82, 2.24) is 25.1 Å². The number of carbonyl (C=O) groups excluding carboxylic acids is 2. The van der Waals surface area contributed by atoms with Crippen molar-refractivity contribution < 1.29 is 9.59 Å². The summed E-state index contributed by atoms with van der Waals surface area (Å²) in [5, 5.41) is 6.12. The molecule has 0 aliphatic carbocycles. The minimum Gasteiger partial charge on any atom is -0.346 e. The van der Waals surface area contributed by atoms with Crippen molar-refractivity contribution in [2.75, 3.05) is 13.1 Å². The molecule has 2 atom stereocenters. The fraction of sp³-hybridized carbons (Fsp3) is 0.304. The third kappa shape index (κ3) is 5.32. The highest BCUT2D eigenvalue weighted by Gasteiger charge is 2.36. The van der Waals surface area contributed by atoms with Gasteiger partial charge in [-0.05, 0) is 50.2 Å². The molecule has 2 amide bonds. The zero-order valence-corrected chi connectivity index (χ0v) is 19.8. The number of carbonyl (C=O) groups is 2. The van der Waals surface area contributed by atoms with E-state index in [1.165, 1.54) is 28.3 Å². The number of nitrogens with one attached hydrogen (secondary N) is 2. The summed E-state index contributed by atoms with van der Waals surface area (Å²) in [6.45, 7) is 5.44. The zero-order valence-electron chi connectivity index (χ0n) is 18.2. The quantitative estimate of drug-likeness (QED) is 0.559. The van der Waals surface area contributed by atoms with E-state index in [1.807, 2.05) is 0 Å². The molecule has 4 rings (SSSR count). The van der Waals surface area contributed by atoms with E-state index < -0.39 is 0 Å². The second-order valence-corrected chi connectivity index (χ2v) is 9.86. The maximum atomic E-state index is 13.0.